The molecule has 0 N–H and O–H groups in total. The molecule has 0 aliphatic rings. The zero-order valence-electron chi connectivity index (χ0n) is 21.3. The molecule has 0 aliphatic heterocycles. The van der Waals surface area contributed by atoms with Crippen molar-refractivity contribution in [1.29, 1.82) is 0 Å². The van der Waals surface area contributed by atoms with Gasteiger partial charge in [-0.25, -0.2) is 31.1 Å². The molecule has 1 unspecified atom stereocenters. The second kappa shape index (κ2) is 11.7. The lowest BCUT2D eigenvalue weighted by atomic mass is 10.0. The normalized spacial score (nSPS) is 12.7. The molecule has 1 aromatic carbocycles. The van der Waals surface area contributed by atoms with Gasteiger partial charge in [-0.2, -0.15) is 10.2 Å². The van der Waals surface area contributed by atoms with Gasteiger partial charge >= 0.3 is 5.97 Å². The summed E-state index contributed by atoms with van der Waals surface area (Å²) < 4.78 is 75.5. The maximum atomic E-state index is 13.6. The summed E-state index contributed by atoms with van der Waals surface area (Å²) in [6.45, 7) is 2.28. The number of aromatic nitrogens is 4. The van der Waals surface area contributed by atoms with E-state index in [4.69, 9.17) is 27.9 Å². The Morgan fingerprint density at radius 3 is 2.26 bits per heavy atom. The van der Waals surface area contributed by atoms with Crippen molar-refractivity contribution in [2.45, 2.75) is 44.6 Å². The van der Waals surface area contributed by atoms with Gasteiger partial charge in [0, 0.05) is 31.5 Å². The lowest BCUT2D eigenvalue weighted by molar-refractivity contribution is -0.135. The Hall–Kier alpha value is -2.94. The number of rotatable bonds is 10. The maximum Gasteiger partial charge on any atom is 0.364 e. The summed E-state index contributed by atoms with van der Waals surface area (Å²) in [5.41, 5.74) is -0.383. The van der Waals surface area contributed by atoms with E-state index in [0.717, 1.165) is 23.1 Å². The van der Waals surface area contributed by atoms with Gasteiger partial charge in [0.05, 0.1) is 32.9 Å². The van der Waals surface area contributed by atoms with Crippen LogP contribution >= 0.6 is 23.2 Å². The fourth-order valence-electron chi connectivity index (χ4n) is 3.78. The number of hydrogen-bond acceptors (Lipinski definition) is 8. The average Bonchev–Trinajstić information content (AvgIpc) is 3.29. The summed E-state index contributed by atoms with van der Waals surface area (Å²) in [5.74, 6) is -2.05. The fraction of sp³-hybridized carbons (Fsp3) is 0.391. The third kappa shape index (κ3) is 6.13. The Kier molecular flexibility index (Phi) is 9.15. The number of carbonyl (C=O) groups is 2. The molecule has 0 radical (unpaired) electrons. The lowest BCUT2D eigenvalue weighted by Gasteiger charge is -2.15. The van der Waals surface area contributed by atoms with Gasteiger partial charge in [-0.3, -0.25) is 9.48 Å². The number of halogens is 5. The third-order valence-electron chi connectivity index (χ3n) is 5.60. The van der Waals surface area contributed by atoms with Crippen molar-refractivity contribution in [3.63, 3.8) is 0 Å². The SMILES string of the molecule is CCc1nn(C)c(C(=O)Oc2c(C(=O)c3ccc(S(C)(=O)=O)c(COC(F)C(F)F)c3Cl)c(C)nn2C)c1Cl. The van der Waals surface area contributed by atoms with Crippen LogP contribution in [0.25, 0.3) is 0 Å². The Labute approximate surface area is 231 Å². The standard InChI is InChI=1S/C23H23Cl2F3N4O6S/c1-6-13-17(25)18(31(3)30-13)23(34)38-22-15(10(2)29-32(22)4)19(33)11-7-8-14(39(5,35)36)12(16(11)24)9-37-21(28)20(26)27/h7-8,20-21H,6,9H2,1-5H3. The first-order chi connectivity index (χ1) is 18.1. The molecule has 2 aromatic heterocycles. The number of ketones is 1. The molecule has 2 heterocycles. The van der Waals surface area contributed by atoms with Gasteiger partial charge in [0.2, 0.25) is 11.7 Å². The second-order valence-electron chi connectivity index (χ2n) is 8.37. The summed E-state index contributed by atoms with van der Waals surface area (Å²) >= 11 is 12.6. The van der Waals surface area contributed by atoms with Crippen LogP contribution in [0.2, 0.25) is 10.0 Å². The van der Waals surface area contributed by atoms with E-state index in [0.29, 0.717) is 12.1 Å². The number of carbonyl (C=O) groups excluding carboxylic acids is 2. The van der Waals surface area contributed by atoms with Crippen LogP contribution in [0.1, 0.15) is 50.3 Å². The van der Waals surface area contributed by atoms with Crippen molar-refractivity contribution in [3.05, 3.63) is 56.0 Å². The first kappa shape index (κ1) is 30.6. The van der Waals surface area contributed by atoms with E-state index < -0.39 is 56.5 Å². The van der Waals surface area contributed by atoms with Gasteiger partial charge in [0.15, 0.2) is 15.5 Å². The van der Waals surface area contributed by atoms with Crippen LogP contribution in [0.3, 0.4) is 0 Å². The molecule has 39 heavy (non-hydrogen) atoms. The average molecular weight is 611 g/mol. The summed E-state index contributed by atoms with van der Waals surface area (Å²) in [7, 11) is -1.09. The van der Waals surface area contributed by atoms with Gasteiger partial charge in [-0.15, -0.1) is 0 Å². The molecule has 3 aromatic rings. The first-order valence-electron chi connectivity index (χ1n) is 11.2. The van der Waals surface area contributed by atoms with Crippen LogP contribution in [0.5, 0.6) is 5.88 Å². The number of esters is 1. The smallest absolute Gasteiger partial charge is 0.364 e. The molecule has 10 nitrogen and oxygen atoms in total. The number of aryl methyl sites for hydroxylation is 4. The zero-order valence-corrected chi connectivity index (χ0v) is 23.6. The monoisotopic (exact) mass is 610 g/mol. The number of nitrogens with zero attached hydrogens (tertiary/aromatic N) is 4. The van der Waals surface area contributed by atoms with E-state index in [2.05, 4.69) is 14.9 Å². The number of sulfone groups is 1. The molecule has 212 valence electrons. The van der Waals surface area contributed by atoms with E-state index in [1.165, 1.54) is 25.7 Å². The molecule has 3 rings (SSSR count). The largest absolute Gasteiger partial charge is 0.402 e. The zero-order chi connectivity index (χ0) is 29.4. The molecule has 0 saturated carbocycles. The van der Waals surface area contributed by atoms with Gasteiger partial charge < -0.3 is 9.47 Å². The number of alkyl halides is 3. The van der Waals surface area contributed by atoms with E-state index in [9.17, 15) is 31.2 Å². The molecule has 0 saturated heterocycles. The van der Waals surface area contributed by atoms with Crippen LogP contribution in [0.15, 0.2) is 17.0 Å². The van der Waals surface area contributed by atoms with Gasteiger partial charge in [0.25, 0.3) is 12.8 Å². The molecule has 1 atom stereocenters. The molecule has 0 aliphatic carbocycles. The highest BCUT2D eigenvalue weighted by atomic mass is 35.5. The molecule has 0 amide bonds. The fourth-order valence-corrected chi connectivity index (χ4v) is 5.44. The van der Waals surface area contributed by atoms with Crippen LogP contribution in [0.4, 0.5) is 13.2 Å². The molecular weight excluding hydrogens is 588 g/mol. The molecular formula is C23H23Cl2F3N4O6S. The summed E-state index contributed by atoms with van der Waals surface area (Å²) in [6.07, 6.45) is -5.25. The van der Waals surface area contributed by atoms with Gasteiger partial charge in [-0.1, -0.05) is 30.1 Å². The van der Waals surface area contributed by atoms with Crippen molar-refractivity contribution < 1.29 is 40.7 Å². The summed E-state index contributed by atoms with van der Waals surface area (Å²) in [5, 5.41) is 7.88. The second-order valence-corrected chi connectivity index (χ2v) is 11.1. The van der Waals surface area contributed by atoms with Crippen molar-refractivity contribution in [2.75, 3.05) is 6.26 Å². The predicted molar refractivity (Wildman–Crippen MR) is 134 cm³/mol. The Morgan fingerprint density at radius 1 is 1.08 bits per heavy atom. The van der Waals surface area contributed by atoms with Crippen molar-refractivity contribution in [1.82, 2.24) is 19.6 Å². The van der Waals surface area contributed by atoms with E-state index in [1.807, 2.05) is 0 Å². The molecule has 0 bridgehead atoms. The summed E-state index contributed by atoms with van der Waals surface area (Å²) in [4.78, 5) is 26.2. The Balaban J connectivity index is 2.08. The van der Waals surface area contributed by atoms with E-state index in [1.54, 1.807) is 6.92 Å². The topological polar surface area (TPSA) is 122 Å². The quantitative estimate of drug-likeness (QED) is 0.246. The number of hydrogen-bond donors (Lipinski definition) is 0. The highest BCUT2D eigenvalue weighted by molar-refractivity contribution is 7.90. The van der Waals surface area contributed by atoms with Crippen molar-refractivity contribution in [3.8, 4) is 5.88 Å². The minimum atomic E-state index is -3.99. The summed E-state index contributed by atoms with van der Waals surface area (Å²) in [6, 6.07) is 2.11. The lowest BCUT2D eigenvalue weighted by Crippen LogP contribution is -2.19. The van der Waals surface area contributed by atoms with Crippen LogP contribution in [-0.2, 0) is 41.7 Å². The minimum absolute atomic E-state index is 0.0689. The van der Waals surface area contributed by atoms with Crippen LogP contribution in [-0.4, -0.2) is 58.8 Å². The Morgan fingerprint density at radius 2 is 1.72 bits per heavy atom. The molecule has 0 spiro atoms. The highest BCUT2D eigenvalue weighted by Crippen LogP contribution is 2.34. The van der Waals surface area contributed by atoms with Crippen molar-refractivity contribution in [2.24, 2.45) is 14.1 Å². The third-order valence-corrected chi connectivity index (χ3v) is 7.61. The highest BCUT2D eigenvalue weighted by Gasteiger charge is 2.31. The first-order valence-corrected chi connectivity index (χ1v) is 13.8. The van der Waals surface area contributed by atoms with Gasteiger partial charge in [0.1, 0.15) is 5.56 Å². The van der Waals surface area contributed by atoms with E-state index in [-0.39, 0.29) is 33.4 Å². The van der Waals surface area contributed by atoms with Gasteiger partial charge in [-0.05, 0) is 25.5 Å². The maximum absolute atomic E-state index is 13.6. The number of benzene rings is 1. The molecule has 0 fully saturated rings. The van der Waals surface area contributed by atoms with E-state index >= 15 is 0 Å². The Bertz CT molecular complexity index is 1560. The van der Waals surface area contributed by atoms with Crippen molar-refractivity contribution >= 4 is 44.8 Å². The van der Waals surface area contributed by atoms with Crippen LogP contribution < -0.4 is 4.74 Å². The predicted octanol–water partition coefficient (Wildman–Crippen LogP) is 4.26. The minimum Gasteiger partial charge on any atom is -0.402 e. The number of ether oxygens (including phenoxy) is 2. The molecule has 16 heteroatoms. The van der Waals surface area contributed by atoms with Crippen LogP contribution in [0, 0.1) is 6.92 Å².